The van der Waals surface area contributed by atoms with Crippen LogP contribution < -0.4 is 16.0 Å². The van der Waals surface area contributed by atoms with Crippen LogP contribution >= 0.6 is 0 Å². The summed E-state index contributed by atoms with van der Waals surface area (Å²) < 4.78 is 5.96. The molecule has 0 aliphatic heterocycles. The Balaban J connectivity index is 1.50. The molecule has 6 heteroatoms. The first-order valence-corrected chi connectivity index (χ1v) is 10.5. The van der Waals surface area contributed by atoms with Gasteiger partial charge in [-0.3, -0.25) is 4.79 Å². The summed E-state index contributed by atoms with van der Waals surface area (Å²) in [5.74, 6) is 0.358. The standard InChI is InChI=1S/C26H25N3O3/c1-17-21-15-9-10-16-22(21)32-24(17)18(2)27-26(31)29-23(19-11-5-3-6-12-19)25(30)28-20-13-7-4-8-14-20/h3-16,18,23H,1-2H3,(H,28,30)(H2,27,29,31)/t18-,23+/m0/s1. The van der Waals surface area contributed by atoms with Gasteiger partial charge in [-0.25, -0.2) is 4.79 Å². The summed E-state index contributed by atoms with van der Waals surface area (Å²) in [6, 6.07) is 24.3. The number of para-hydroxylation sites is 2. The second-order valence-electron chi connectivity index (χ2n) is 7.63. The van der Waals surface area contributed by atoms with E-state index in [9.17, 15) is 9.59 Å². The maximum absolute atomic E-state index is 13.0. The Kier molecular flexibility index (Phi) is 6.22. The largest absolute Gasteiger partial charge is 0.459 e. The van der Waals surface area contributed by atoms with Gasteiger partial charge in [0.15, 0.2) is 0 Å². The number of furan rings is 1. The normalized spacial score (nSPS) is 12.7. The number of nitrogens with one attached hydrogen (secondary N) is 3. The Morgan fingerprint density at radius 3 is 2.12 bits per heavy atom. The van der Waals surface area contributed by atoms with Gasteiger partial charge in [0.05, 0.1) is 6.04 Å². The molecule has 2 atom stereocenters. The molecule has 6 nitrogen and oxygen atoms in total. The zero-order valence-corrected chi connectivity index (χ0v) is 18.0. The van der Waals surface area contributed by atoms with Gasteiger partial charge < -0.3 is 20.4 Å². The Bertz CT molecular complexity index is 1220. The van der Waals surface area contributed by atoms with Crippen LogP contribution in [0.2, 0.25) is 0 Å². The topological polar surface area (TPSA) is 83.4 Å². The molecule has 3 amide bonds. The lowest BCUT2D eigenvalue weighted by atomic mass is 10.1. The van der Waals surface area contributed by atoms with Crippen molar-refractivity contribution in [2.45, 2.75) is 25.9 Å². The monoisotopic (exact) mass is 427 g/mol. The highest BCUT2D eigenvalue weighted by atomic mass is 16.3. The fraction of sp³-hybridized carbons (Fsp3) is 0.154. The molecule has 4 rings (SSSR count). The summed E-state index contributed by atoms with van der Waals surface area (Å²) in [6.45, 7) is 3.82. The van der Waals surface area contributed by atoms with E-state index < -0.39 is 12.1 Å². The van der Waals surface area contributed by atoms with Crippen LogP contribution in [0.5, 0.6) is 0 Å². The molecule has 4 aromatic rings. The molecule has 3 N–H and O–H groups in total. The summed E-state index contributed by atoms with van der Waals surface area (Å²) in [5.41, 5.74) is 3.10. The Morgan fingerprint density at radius 2 is 1.44 bits per heavy atom. The lowest BCUT2D eigenvalue weighted by Crippen LogP contribution is -2.43. The predicted octanol–water partition coefficient (Wildman–Crippen LogP) is 5.48. The molecule has 0 saturated heterocycles. The van der Waals surface area contributed by atoms with E-state index in [1.807, 2.05) is 86.6 Å². The van der Waals surface area contributed by atoms with Gasteiger partial charge in [-0.05, 0) is 37.6 Å². The van der Waals surface area contributed by atoms with Crippen LogP contribution in [0.15, 0.2) is 89.3 Å². The molecule has 1 aromatic heterocycles. The maximum Gasteiger partial charge on any atom is 0.316 e. The third kappa shape index (κ3) is 4.64. The number of benzene rings is 3. The quantitative estimate of drug-likeness (QED) is 0.381. The van der Waals surface area contributed by atoms with Crippen molar-refractivity contribution < 1.29 is 14.0 Å². The molecule has 0 aliphatic rings. The number of rotatable bonds is 6. The van der Waals surface area contributed by atoms with Crippen molar-refractivity contribution in [1.82, 2.24) is 10.6 Å². The van der Waals surface area contributed by atoms with E-state index in [1.54, 1.807) is 12.1 Å². The number of carbonyl (C=O) groups excluding carboxylic acids is 2. The number of amides is 3. The minimum Gasteiger partial charge on any atom is -0.459 e. The van der Waals surface area contributed by atoms with Crippen LogP contribution in [0, 0.1) is 6.92 Å². The lowest BCUT2D eigenvalue weighted by Gasteiger charge is -2.21. The Labute approximate surface area is 186 Å². The van der Waals surface area contributed by atoms with E-state index in [0.717, 1.165) is 16.5 Å². The van der Waals surface area contributed by atoms with E-state index in [0.29, 0.717) is 17.0 Å². The number of urea groups is 1. The van der Waals surface area contributed by atoms with Gasteiger partial charge in [0.2, 0.25) is 0 Å². The first-order chi connectivity index (χ1) is 15.5. The van der Waals surface area contributed by atoms with Crippen molar-refractivity contribution in [2.24, 2.45) is 0 Å². The molecule has 162 valence electrons. The number of carbonyl (C=O) groups is 2. The highest BCUT2D eigenvalue weighted by Crippen LogP contribution is 2.29. The number of aryl methyl sites for hydroxylation is 1. The van der Waals surface area contributed by atoms with Crippen molar-refractivity contribution in [2.75, 3.05) is 5.32 Å². The molecular weight excluding hydrogens is 402 g/mol. The average Bonchev–Trinajstić information content (AvgIpc) is 3.15. The van der Waals surface area contributed by atoms with Crippen molar-refractivity contribution in [3.8, 4) is 0 Å². The lowest BCUT2D eigenvalue weighted by molar-refractivity contribution is -0.118. The van der Waals surface area contributed by atoms with Crippen LogP contribution in [-0.2, 0) is 4.79 Å². The van der Waals surface area contributed by atoms with E-state index >= 15 is 0 Å². The molecule has 0 unspecified atom stereocenters. The van der Waals surface area contributed by atoms with Crippen LogP contribution in [0.1, 0.15) is 35.9 Å². The molecule has 3 aromatic carbocycles. The van der Waals surface area contributed by atoms with Crippen molar-refractivity contribution >= 4 is 28.6 Å². The molecule has 0 radical (unpaired) electrons. The Morgan fingerprint density at radius 1 is 0.812 bits per heavy atom. The SMILES string of the molecule is Cc1c([C@H](C)NC(=O)N[C@@H](C(=O)Nc2ccccc2)c2ccccc2)oc2ccccc12. The fourth-order valence-corrected chi connectivity index (χ4v) is 3.72. The van der Waals surface area contributed by atoms with E-state index in [4.69, 9.17) is 4.42 Å². The molecule has 32 heavy (non-hydrogen) atoms. The van der Waals surface area contributed by atoms with Gasteiger partial charge in [-0.1, -0.05) is 66.7 Å². The molecular formula is C26H25N3O3. The zero-order valence-electron chi connectivity index (χ0n) is 18.0. The van der Waals surface area contributed by atoms with Crippen molar-refractivity contribution in [3.63, 3.8) is 0 Å². The summed E-state index contributed by atoms with van der Waals surface area (Å²) in [7, 11) is 0. The number of hydrogen-bond donors (Lipinski definition) is 3. The van der Waals surface area contributed by atoms with Gasteiger partial charge in [-0.15, -0.1) is 0 Å². The van der Waals surface area contributed by atoms with Crippen molar-refractivity contribution in [1.29, 1.82) is 0 Å². The zero-order chi connectivity index (χ0) is 22.5. The fourth-order valence-electron chi connectivity index (χ4n) is 3.72. The highest BCUT2D eigenvalue weighted by molar-refractivity contribution is 5.97. The summed E-state index contributed by atoms with van der Waals surface area (Å²) in [5, 5.41) is 9.57. The van der Waals surface area contributed by atoms with Crippen LogP contribution in [0.25, 0.3) is 11.0 Å². The van der Waals surface area contributed by atoms with Gasteiger partial charge in [-0.2, -0.15) is 0 Å². The molecule has 0 saturated carbocycles. The molecule has 0 fully saturated rings. The molecule has 0 bridgehead atoms. The Hall–Kier alpha value is -4.06. The van der Waals surface area contributed by atoms with Gasteiger partial charge in [0.25, 0.3) is 5.91 Å². The van der Waals surface area contributed by atoms with Crippen LogP contribution in [0.4, 0.5) is 10.5 Å². The smallest absolute Gasteiger partial charge is 0.316 e. The minimum atomic E-state index is -0.861. The van der Waals surface area contributed by atoms with Gasteiger partial charge in [0.1, 0.15) is 17.4 Å². The molecule has 1 heterocycles. The molecule has 0 spiro atoms. The minimum absolute atomic E-state index is 0.329. The second-order valence-corrected chi connectivity index (χ2v) is 7.63. The average molecular weight is 428 g/mol. The van der Waals surface area contributed by atoms with Crippen molar-refractivity contribution in [3.05, 3.63) is 102 Å². The third-order valence-corrected chi connectivity index (χ3v) is 5.33. The van der Waals surface area contributed by atoms with Crippen LogP contribution in [0.3, 0.4) is 0 Å². The van der Waals surface area contributed by atoms with Gasteiger partial charge in [0, 0.05) is 16.6 Å². The number of hydrogen-bond acceptors (Lipinski definition) is 3. The summed E-state index contributed by atoms with van der Waals surface area (Å²) >= 11 is 0. The summed E-state index contributed by atoms with van der Waals surface area (Å²) in [6.07, 6.45) is 0. The summed E-state index contributed by atoms with van der Waals surface area (Å²) in [4.78, 5) is 25.9. The van der Waals surface area contributed by atoms with Gasteiger partial charge >= 0.3 is 6.03 Å². The highest BCUT2D eigenvalue weighted by Gasteiger charge is 2.25. The first kappa shape index (κ1) is 21.2. The predicted molar refractivity (Wildman–Crippen MR) is 125 cm³/mol. The first-order valence-electron chi connectivity index (χ1n) is 10.5. The van der Waals surface area contributed by atoms with E-state index in [1.165, 1.54) is 0 Å². The van der Waals surface area contributed by atoms with E-state index in [-0.39, 0.29) is 11.9 Å². The third-order valence-electron chi connectivity index (χ3n) is 5.33. The number of fused-ring (bicyclic) bond motifs is 1. The second kappa shape index (κ2) is 9.39. The number of anilines is 1. The van der Waals surface area contributed by atoms with Crippen LogP contribution in [-0.4, -0.2) is 11.9 Å². The molecule has 0 aliphatic carbocycles. The maximum atomic E-state index is 13.0. The van der Waals surface area contributed by atoms with E-state index in [2.05, 4.69) is 16.0 Å².